The van der Waals surface area contributed by atoms with E-state index < -0.39 is 0 Å². The van der Waals surface area contributed by atoms with E-state index in [1.807, 2.05) is 12.1 Å². The van der Waals surface area contributed by atoms with Crippen LogP contribution in [0.25, 0.3) is 0 Å². The number of carbonyl (C=O) groups is 1. The summed E-state index contributed by atoms with van der Waals surface area (Å²) in [6.45, 7) is 2.22. The Labute approximate surface area is 95.2 Å². The van der Waals surface area contributed by atoms with Crippen molar-refractivity contribution in [2.24, 2.45) is 0 Å². The molecule has 1 aromatic carbocycles. The summed E-state index contributed by atoms with van der Waals surface area (Å²) in [6, 6.07) is 6.96. The molecular weight excluding hydrogens is 206 g/mol. The van der Waals surface area contributed by atoms with Crippen molar-refractivity contribution in [1.29, 1.82) is 0 Å². The van der Waals surface area contributed by atoms with Gasteiger partial charge in [0.15, 0.2) is 0 Å². The number of methoxy groups -OCH3 is 1. The molecule has 1 aromatic rings. The van der Waals surface area contributed by atoms with E-state index in [-0.39, 0.29) is 18.6 Å². The van der Waals surface area contributed by atoms with Crippen LogP contribution >= 0.6 is 0 Å². The number of amides is 1. The number of aliphatic hydroxyl groups is 1. The SMILES string of the molecule is COCc1ccc(C(=O)N[C@H](C)CO)cc1. The molecule has 0 aliphatic rings. The fraction of sp³-hybridized carbons (Fsp3) is 0.417. The van der Waals surface area contributed by atoms with E-state index in [1.165, 1.54) is 0 Å². The summed E-state index contributed by atoms with van der Waals surface area (Å²) in [5.74, 6) is -0.175. The van der Waals surface area contributed by atoms with Crippen LogP contribution in [0, 0.1) is 0 Å². The first kappa shape index (κ1) is 12.7. The molecule has 0 saturated heterocycles. The Morgan fingerprint density at radius 3 is 2.56 bits per heavy atom. The van der Waals surface area contributed by atoms with E-state index in [2.05, 4.69) is 5.32 Å². The van der Waals surface area contributed by atoms with Crippen LogP contribution in [0.3, 0.4) is 0 Å². The van der Waals surface area contributed by atoms with E-state index in [1.54, 1.807) is 26.2 Å². The summed E-state index contributed by atoms with van der Waals surface area (Å²) in [7, 11) is 1.63. The van der Waals surface area contributed by atoms with Gasteiger partial charge in [-0.05, 0) is 24.6 Å². The molecule has 1 atom stereocenters. The molecule has 0 unspecified atom stereocenters. The van der Waals surface area contributed by atoms with Gasteiger partial charge < -0.3 is 15.2 Å². The van der Waals surface area contributed by atoms with Crippen molar-refractivity contribution in [2.75, 3.05) is 13.7 Å². The Morgan fingerprint density at radius 1 is 1.44 bits per heavy atom. The molecule has 0 bridgehead atoms. The van der Waals surface area contributed by atoms with Crippen LogP contribution in [0.5, 0.6) is 0 Å². The predicted octanol–water partition coefficient (Wildman–Crippen LogP) is 0.944. The molecule has 0 saturated carbocycles. The third-order valence-corrected chi connectivity index (χ3v) is 2.18. The van der Waals surface area contributed by atoms with Crippen molar-refractivity contribution in [3.05, 3.63) is 35.4 Å². The third-order valence-electron chi connectivity index (χ3n) is 2.18. The average molecular weight is 223 g/mol. The second-order valence-corrected chi connectivity index (χ2v) is 3.69. The van der Waals surface area contributed by atoms with Crippen molar-refractivity contribution in [2.45, 2.75) is 19.6 Å². The van der Waals surface area contributed by atoms with Crippen LogP contribution in [-0.4, -0.2) is 30.8 Å². The number of hydrogen-bond donors (Lipinski definition) is 2. The average Bonchev–Trinajstić information content (AvgIpc) is 2.30. The van der Waals surface area contributed by atoms with Gasteiger partial charge >= 0.3 is 0 Å². The first-order valence-electron chi connectivity index (χ1n) is 5.17. The molecule has 4 nitrogen and oxygen atoms in total. The van der Waals surface area contributed by atoms with Gasteiger partial charge in [-0.25, -0.2) is 0 Å². The molecule has 1 amide bonds. The zero-order valence-corrected chi connectivity index (χ0v) is 9.56. The van der Waals surface area contributed by atoms with E-state index in [0.717, 1.165) is 5.56 Å². The van der Waals surface area contributed by atoms with E-state index in [4.69, 9.17) is 9.84 Å². The molecule has 0 radical (unpaired) electrons. The fourth-order valence-electron chi connectivity index (χ4n) is 1.27. The number of nitrogens with one attached hydrogen (secondary N) is 1. The molecule has 0 aliphatic heterocycles. The molecule has 0 spiro atoms. The second-order valence-electron chi connectivity index (χ2n) is 3.69. The molecule has 0 aromatic heterocycles. The zero-order chi connectivity index (χ0) is 12.0. The maximum absolute atomic E-state index is 11.6. The number of aliphatic hydroxyl groups excluding tert-OH is 1. The lowest BCUT2D eigenvalue weighted by atomic mass is 10.1. The Bertz CT molecular complexity index is 335. The Balaban J connectivity index is 2.63. The molecule has 0 fully saturated rings. The standard InChI is InChI=1S/C12H17NO3/c1-9(7-14)13-12(15)11-5-3-10(4-6-11)8-16-2/h3-6,9,14H,7-8H2,1-2H3,(H,13,15)/t9-/m1/s1. The van der Waals surface area contributed by atoms with Gasteiger partial charge in [-0.15, -0.1) is 0 Å². The topological polar surface area (TPSA) is 58.6 Å². The first-order valence-corrected chi connectivity index (χ1v) is 5.17. The van der Waals surface area contributed by atoms with Crippen molar-refractivity contribution in [3.63, 3.8) is 0 Å². The summed E-state index contributed by atoms with van der Waals surface area (Å²) in [5, 5.41) is 11.5. The minimum Gasteiger partial charge on any atom is -0.394 e. The van der Waals surface area contributed by atoms with E-state index in [9.17, 15) is 4.79 Å². The summed E-state index contributed by atoms with van der Waals surface area (Å²) in [4.78, 5) is 11.6. The number of benzene rings is 1. The lowest BCUT2D eigenvalue weighted by Crippen LogP contribution is -2.34. The highest BCUT2D eigenvalue weighted by molar-refractivity contribution is 5.94. The van der Waals surface area contributed by atoms with Crippen LogP contribution in [-0.2, 0) is 11.3 Å². The van der Waals surface area contributed by atoms with Gasteiger partial charge in [-0.2, -0.15) is 0 Å². The van der Waals surface area contributed by atoms with Gasteiger partial charge in [-0.1, -0.05) is 12.1 Å². The van der Waals surface area contributed by atoms with Gasteiger partial charge in [0.05, 0.1) is 13.2 Å². The van der Waals surface area contributed by atoms with Crippen LogP contribution in [0.2, 0.25) is 0 Å². The molecule has 4 heteroatoms. The maximum atomic E-state index is 11.6. The molecule has 88 valence electrons. The fourth-order valence-corrected chi connectivity index (χ4v) is 1.27. The highest BCUT2D eigenvalue weighted by atomic mass is 16.5. The summed E-state index contributed by atoms with van der Waals surface area (Å²) in [6.07, 6.45) is 0. The van der Waals surface area contributed by atoms with Crippen molar-refractivity contribution < 1.29 is 14.6 Å². The smallest absolute Gasteiger partial charge is 0.251 e. The molecule has 0 aliphatic carbocycles. The highest BCUT2D eigenvalue weighted by Crippen LogP contribution is 2.05. The van der Waals surface area contributed by atoms with Crippen LogP contribution in [0.4, 0.5) is 0 Å². The van der Waals surface area contributed by atoms with E-state index in [0.29, 0.717) is 12.2 Å². The minimum atomic E-state index is -0.230. The normalized spacial score (nSPS) is 12.2. The van der Waals surface area contributed by atoms with Gasteiger partial charge in [0.25, 0.3) is 5.91 Å². The molecule has 16 heavy (non-hydrogen) atoms. The molecular formula is C12H17NO3. The lowest BCUT2D eigenvalue weighted by Gasteiger charge is -2.10. The largest absolute Gasteiger partial charge is 0.394 e. The minimum absolute atomic E-state index is 0.0620. The highest BCUT2D eigenvalue weighted by Gasteiger charge is 2.08. The molecule has 1 rings (SSSR count). The number of ether oxygens (including phenoxy) is 1. The summed E-state index contributed by atoms with van der Waals surface area (Å²) in [5.41, 5.74) is 1.61. The van der Waals surface area contributed by atoms with Crippen molar-refractivity contribution >= 4 is 5.91 Å². The van der Waals surface area contributed by atoms with E-state index >= 15 is 0 Å². The van der Waals surface area contributed by atoms with Crippen molar-refractivity contribution in [1.82, 2.24) is 5.32 Å². The molecule has 2 N–H and O–H groups in total. The Hall–Kier alpha value is -1.39. The number of rotatable bonds is 5. The monoisotopic (exact) mass is 223 g/mol. The van der Waals surface area contributed by atoms with Gasteiger partial charge in [0.1, 0.15) is 0 Å². The number of hydrogen-bond acceptors (Lipinski definition) is 3. The predicted molar refractivity (Wildman–Crippen MR) is 61.2 cm³/mol. The van der Waals surface area contributed by atoms with Gasteiger partial charge in [-0.3, -0.25) is 4.79 Å². The van der Waals surface area contributed by atoms with Gasteiger partial charge in [0.2, 0.25) is 0 Å². The summed E-state index contributed by atoms with van der Waals surface area (Å²) < 4.78 is 4.98. The zero-order valence-electron chi connectivity index (χ0n) is 9.56. The Morgan fingerprint density at radius 2 is 2.06 bits per heavy atom. The van der Waals surface area contributed by atoms with Crippen LogP contribution in [0.1, 0.15) is 22.8 Å². The van der Waals surface area contributed by atoms with Crippen molar-refractivity contribution in [3.8, 4) is 0 Å². The third kappa shape index (κ3) is 3.64. The first-order chi connectivity index (χ1) is 7.67. The molecule has 0 heterocycles. The second kappa shape index (κ2) is 6.25. The lowest BCUT2D eigenvalue weighted by molar-refractivity contribution is 0.0922. The Kier molecular flexibility index (Phi) is 4.95. The van der Waals surface area contributed by atoms with Gasteiger partial charge in [0, 0.05) is 18.7 Å². The summed E-state index contributed by atoms with van der Waals surface area (Å²) >= 11 is 0. The quantitative estimate of drug-likeness (QED) is 0.781. The van der Waals surface area contributed by atoms with Crippen LogP contribution in [0.15, 0.2) is 24.3 Å². The number of carbonyl (C=O) groups excluding carboxylic acids is 1. The maximum Gasteiger partial charge on any atom is 0.251 e. The van der Waals surface area contributed by atoms with Crippen LogP contribution < -0.4 is 5.32 Å².